The molecule has 1 aromatic carbocycles. The third-order valence-electron chi connectivity index (χ3n) is 3.50. The van der Waals surface area contributed by atoms with Crippen molar-refractivity contribution in [3.8, 4) is 0 Å². The molecule has 0 spiro atoms. The number of benzene rings is 1. The number of hydrogen-bond acceptors (Lipinski definition) is 4. The van der Waals surface area contributed by atoms with Gasteiger partial charge in [-0.15, -0.1) is 0 Å². The van der Waals surface area contributed by atoms with Crippen LogP contribution in [0.3, 0.4) is 0 Å². The van der Waals surface area contributed by atoms with Gasteiger partial charge < -0.3 is 15.5 Å². The summed E-state index contributed by atoms with van der Waals surface area (Å²) in [5.74, 6) is 0.350. The minimum Gasteiger partial charge on any atom is -0.349 e. The molecule has 1 saturated heterocycles. The van der Waals surface area contributed by atoms with E-state index >= 15 is 0 Å². The first-order chi connectivity index (χ1) is 10.6. The summed E-state index contributed by atoms with van der Waals surface area (Å²) in [4.78, 5) is 36.9. The molecule has 2 N–H and O–H groups in total. The Morgan fingerprint density at radius 2 is 2.14 bits per heavy atom. The predicted octanol–water partition coefficient (Wildman–Crippen LogP) is 1.69. The van der Waals surface area contributed by atoms with Gasteiger partial charge in [-0.2, -0.15) is 0 Å². The number of nitrogens with one attached hydrogen (secondary N) is 2. The number of thioether (sulfide) groups is 1. The quantitative estimate of drug-likeness (QED) is 0.865. The zero-order valence-corrected chi connectivity index (χ0v) is 12.8. The van der Waals surface area contributed by atoms with Crippen LogP contribution in [-0.4, -0.2) is 46.8 Å². The van der Waals surface area contributed by atoms with E-state index in [1.165, 1.54) is 16.7 Å². The number of nitrogens with zero attached hydrogens (tertiary/aromatic N) is 1. The Kier molecular flexibility index (Phi) is 4.33. The summed E-state index contributed by atoms with van der Waals surface area (Å²) in [7, 11) is 0. The SMILES string of the molecule is O=C(CN1CCSC1=O)Nc1cccc(C(=O)NC2CC2)c1. The molecular formula is C15H17N3O3S. The fourth-order valence-corrected chi connectivity index (χ4v) is 3.00. The Hall–Kier alpha value is -2.02. The summed E-state index contributed by atoms with van der Waals surface area (Å²) in [6, 6.07) is 7.12. The van der Waals surface area contributed by atoms with Crippen molar-refractivity contribution < 1.29 is 14.4 Å². The molecule has 6 nitrogen and oxygen atoms in total. The topological polar surface area (TPSA) is 78.5 Å². The first-order valence-corrected chi connectivity index (χ1v) is 8.23. The molecule has 2 fully saturated rings. The monoisotopic (exact) mass is 319 g/mol. The van der Waals surface area contributed by atoms with Gasteiger partial charge in [0, 0.05) is 29.6 Å². The lowest BCUT2D eigenvalue weighted by Gasteiger charge is -2.14. The van der Waals surface area contributed by atoms with Crippen LogP contribution in [0.15, 0.2) is 24.3 Å². The predicted molar refractivity (Wildman–Crippen MR) is 85.0 cm³/mol. The third kappa shape index (κ3) is 3.79. The van der Waals surface area contributed by atoms with Gasteiger partial charge in [0.15, 0.2) is 0 Å². The normalized spacial score (nSPS) is 17.5. The summed E-state index contributed by atoms with van der Waals surface area (Å²) in [6.45, 7) is 0.644. The smallest absolute Gasteiger partial charge is 0.282 e. The molecule has 1 aromatic rings. The molecule has 1 aliphatic carbocycles. The molecule has 0 aromatic heterocycles. The van der Waals surface area contributed by atoms with E-state index in [9.17, 15) is 14.4 Å². The van der Waals surface area contributed by atoms with Crippen LogP contribution in [0.4, 0.5) is 10.5 Å². The molecule has 0 radical (unpaired) electrons. The minimum atomic E-state index is -0.254. The van der Waals surface area contributed by atoms with Gasteiger partial charge in [0.2, 0.25) is 5.91 Å². The highest BCUT2D eigenvalue weighted by atomic mass is 32.2. The van der Waals surface area contributed by atoms with Crippen molar-refractivity contribution in [2.75, 3.05) is 24.2 Å². The largest absolute Gasteiger partial charge is 0.349 e. The average molecular weight is 319 g/mol. The lowest BCUT2D eigenvalue weighted by molar-refractivity contribution is -0.116. The van der Waals surface area contributed by atoms with Crippen molar-refractivity contribution >= 4 is 34.5 Å². The number of amides is 3. The van der Waals surface area contributed by atoms with Crippen LogP contribution >= 0.6 is 11.8 Å². The van der Waals surface area contributed by atoms with Crippen LogP contribution < -0.4 is 10.6 Å². The molecule has 1 aliphatic heterocycles. The molecular weight excluding hydrogens is 302 g/mol. The summed E-state index contributed by atoms with van der Waals surface area (Å²) in [5.41, 5.74) is 1.09. The van der Waals surface area contributed by atoms with E-state index in [0.29, 0.717) is 23.8 Å². The number of anilines is 1. The van der Waals surface area contributed by atoms with Crippen LogP contribution in [-0.2, 0) is 4.79 Å². The zero-order chi connectivity index (χ0) is 15.5. The van der Waals surface area contributed by atoms with E-state index in [4.69, 9.17) is 0 Å². The number of rotatable bonds is 5. The van der Waals surface area contributed by atoms with Crippen LogP contribution in [0.5, 0.6) is 0 Å². The van der Waals surface area contributed by atoms with Gasteiger partial charge in [0.05, 0.1) is 0 Å². The summed E-state index contributed by atoms with van der Waals surface area (Å²) in [6.07, 6.45) is 2.06. The van der Waals surface area contributed by atoms with Crippen molar-refractivity contribution in [1.82, 2.24) is 10.2 Å². The molecule has 7 heteroatoms. The Labute approximate surface area is 132 Å². The molecule has 0 bridgehead atoms. The van der Waals surface area contributed by atoms with E-state index in [-0.39, 0.29) is 23.6 Å². The first kappa shape index (κ1) is 14.9. The Bertz CT molecular complexity index is 616. The van der Waals surface area contributed by atoms with Crippen molar-refractivity contribution in [3.63, 3.8) is 0 Å². The number of carbonyl (C=O) groups excluding carboxylic acids is 3. The molecule has 22 heavy (non-hydrogen) atoms. The van der Waals surface area contributed by atoms with Gasteiger partial charge in [0.25, 0.3) is 11.1 Å². The maximum Gasteiger partial charge on any atom is 0.282 e. The minimum absolute atomic E-state index is 0.0460. The van der Waals surface area contributed by atoms with E-state index in [1.54, 1.807) is 24.3 Å². The highest BCUT2D eigenvalue weighted by molar-refractivity contribution is 8.13. The Balaban J connectivity index is 1.58. The van der Waals surface area contributed by atoms with Gasteiger partial charge in [-0.25, -0.2) is 0 Å². The van der Waals surface area contributed by atoms with Crippen LogP contribution in [0, 0.1) is 0 Å². The lowest BCUT2D eigenvalue weighted by Crippen LogP contribution is -2.33. The second-order valence-electron chi connectivity index (χ2n) is 5.41. The zero-order valence-electron chi connectivity index (χ0n) is 12.0. The van der Waals surface area contributed by atoms with E-state index < -0.39 is 0 Å². The lowest BCUT2D eigenvalue weighted by atomic mass is 10.2. The standard InChI is InChI=1S/C15H17N3O3S/c19-13(9-18-6-7-22-15(18)21)16-12-3-1-2-10(8-12)14(20)17-11-4-5-11/h1-3,8,11H,4-7,9H2,(H,16,19)(H,17,20). The fraction of sp³-hybridized carbons (Fsp3) is 0.400. The van der Waals surface area contributed by atoms with Crippen molar-refractivity contribution in [2.45, 2.75) is 18.9 Å². The van der Waals surface area contributed by atoms with Gasteiger partial charge in [-0.1, -0.05) is 17.8 Å². The molecule has 2 aliphatic rings. The van der Waals surface area contributed by atoms with Gasteiger partial charge in [-0.3, -0.25) is 14.4 Å². The molecule has 3 rings (SSSR count). The average Bonchev–Trinajstić information content (AvgIpc) is 3.22. The van der Waals surface area contributed by atoms with Gasteiger partial charge in [0.1, 0.15) is 6.54 Å². The first-order valence-electron chi connectivity index (χ1n) is 7.24. The summed E-state index contributed by atoms with van der Waals surface area (Å²) >= 11 is 1.23. The van der Waals surface area contributed by atoms with Crippen molar-refractivity contribution in [3.05, 3.63) is 29.8 Å². The Morgan fingerprint density at radius 1 is 1.32 bits per heavy atom. The highest BCUT2D eigenvalue weighted by Gasteiger charge is 2.24. The molecule has 116 valence electrons. The van der Waals surface area contributed by atoms with E-state index in [2.05, 4.69) is 10.6 Å². The molecule has 1 saturated carbocycles. The molecule has 0 unspecified atom stereocenters. The number of hydrogen-bond donors (Lipinski definition) is 2. The van der Waals surface area contributed by atoms with Crippen LogP contribution in [0.2, 0.25) is 0 Å². The van der Waals surface area contributed by atoms with E-state index in [1.807, 2.05) is 0 Å². The van der Waals surface area contributed by atoms with Gasteiger partial charge >= 0.3 is 0 Å². The number of carbonyl (C=O) groups is 3. The summed E-state index contributed by atoms with van der Waals surface area (Å²) < 4.78 is 0. The van der Waals surface area contributed by atoms with Gasteiger partial charge in [-0.05, 0) is 31.0 Å². The third-order valence-corrected chi connectivity index (χ3v) is 4.39. The molecule has 3 amide bonds. The second-order valence-corrected chi connectivity index (χ2v) is 6.46. The fourth-order valence-electron chi connectivity index (χ4n) is 2.18. The molecule has 0 atom stereocenters. The maximum atomic E-state index is 12.0. The maximum absolute atomic E-state index is 12.0. The van der Waals surface area contributed by atoms with E-state index in [0.717, 1.165) is 18.6 Å². The van der Waals surface area contributed by atoms with Crippen LogP contribution in [0.25, 0.3) is 0 Å². The van der Waals surface area contributed by atoms with Crippen LogP contribution in [0.1, 0.15) is 23.2 Å². The highest BCUT2D eigenvalue weighted by Crippen LogP contribution is 2.20. The molecule has 1 heterocycles. The van der Waals surface area contributed by atoms with Crippen molar-refractivity contribution in [1.29, 1.82) is 0 Å². The Morgan fingerprint density at radius 3 is 2.82 bits per heavy atom. The van der Waals surface area contributed by atoms with Crippen molar-refractivity contribution in [2.24, 2.45) is 0 Å². The second kappa shape index (κ2) is 6.39. The summed E-state index contributed by atoms with van der Waals surface area (Å²) in [5, 5.41) is 5.58.